The van der Waals surface area contributed by atoms with E-state index in [1.165, 1.54) is 0 Å². The Kier molecular flexibility index (Phi) is 4.32. The molecule has 3 saturated carbocycles. The van der Waals surface area contributed by atoms with Gasteiger partial charge in [-0.25, -0.2) is 0 Å². The van der Waals surface area contributed by atoms with Gasteiger partial charge in [-0.15, -0.1) is 0 Å². The fourth-order valence-corrected chi connectivity index (χ4v) is 4.42. The van der Waals surface area contributed by atoms with Crippen molar-refractivity contribution in [2.24, 2.45) is 11.8 Å². The SMILES string of the molecule is CCO[C@]12CC[C@H](C[C@H]1C(=O)OC(C)(C)C)C(=O)[C@H]2Br. The van der Waals surface area contributed by atoms with Crippen LogP contribution in [0.25, 0.3) is 0 Å². The van der Waals surface area contributed by atoms with E-state index in [-0.39, 0.29) is 23.6 Å². The molecular weight excluding hydrogens is 324 g/mol. The van der Waals surface area contributed by atoms with Crippen LogP contribution >= 0.6 is 15.9 Å². The first-order valence-corrected chi connectivity index (χ1v) is 8.17. The van der Waals surface area contributed by atoms with E-state index in [1.54, 1.807) is 0 Å². The Morgan fingerprint density at radius 1 is 1.45 bits per heavy atom. The number of rotatable bonds is 3. The molecule has 0 aromatic heterocycles. The summed E-state index contributed by atoms with van der Waals surface area (Å²) >= 11 is 3.47. The minimum absolute atomic E-state index is 0.0424. The van der Waals surface area contributed by atoms with Gasteiger partial charge >= 0.3 is 5.97 Å². The van der Waals surface area contributed by atoms with Gasteiger partial charge in [-0.3, -0.25) is 9.59 Å². The van der Waals surface area contributed by atoms with Crippen molar-refractivity contribution in [1.82, 2.24) is 0 Å². The summed E-state index contributed by atoms with van der Waals surface area (Å²) in [5.41, 5.74) is -1.25. The van der Waals surface area contributed by atoms with Crippen molar-refractivity contribution in [2.45, 2.75) is 63.0 Å². The molecule has 3 aliphatic carbocycles. The van der Waals surface area contributed by atoms with Gasteiger partial charge in [0.25, 0.3) is 0 Å². The van der Waals surface area contributed by atoms with Gasteiger partial charge in [-0.1, -0.05) is 15.9 Å². The summed E-state index contributed by atoms with van der Waals surface area (Å²) in [4.78, 5) is 24.3. The standard InChI is InChI=1S/C15H23BrO4/c1-5-19-15-7-6-9(11(17)12(15)16)8-10(15)13(18)20-14(2,3)4/h9-10,12H,5-8H2,1-4H3/t9-,10+,12-,15-/m1/s1. The molecule has 114 valence electrons. The first kappa shape index (κ1) is 16.0. The van der Waals surface area contributed by atoms with Gasteiger partial charge in [-0.2, -0.15) is 0 Å². The highest BCUT2D eigenvalue weighted by Crippen LogP contribution is 2.51. The molecule has 3 fully saturated rings. The lowest BCUT2D eigenvalue weighted by Gasteiger charge is -2.52. The molecule has 20 heavy (non-hydrogen) atoms. The van der Waals surface area contributed by atoms with E-state index in [9.17, 15) is 9.59 Å². The molecule has 4 atom stereocenters. The van der Waals surface area contributed by atoms with Crippen molar-refractivity contribution >= 4 is 27.7 Å². The minimum Gasteiger partial charge on any atom is -0.460 e. The van der Waals surface area contributed by atoms with Crippen LogP contribution in [0, 0.1) is 11.8 Å². The number of carbonyl (C=O) groups excluding carboxylic acids is 2. The zero-order chi connectivity index (χ0) is 15.1. The van der Waals surface area contributed by atoms with Crippen LogP contribution in [0.15, 0.2) is 0 Å². The zero-order valence-corrected chi connectivity index (χ0v) is 14.2. The van der Waals surface area contributed by atoms with Crippen LogP contribution in [0.4, 0.5) is 0 Å². The molecule has 0 aromatic carbocycles. The summed E-state index contributed by atoms with van der Waals surface area (Å²) in [7, 11) is 0. The fraction of sp³-hybridized carbons (Fsp3) is 0.867. The van der Waals surface area contributed by atoms with Crippen molar-refractivity contribution < 1.29 is 19.1 Å². The molecule has 0 saturated heterocycles. The second kappa shape index (κ2) is 5.41. The summed E-state index contributed by atoms with van der Waals surface area (Å²) in [6.45, 7) is 7.95. The molecule has 0 spiro atoms. The third-order valence-corrected chi connectivity index (χ3v) is 5.41. The summed E-state index contributed by atoms with van der Waals surface area (Å²) in [6, 6.07) is 0. The highest BCUT2D eigenvalue weighted by molar-refractivity contribution is 9.10. The van der Waals surface area contributed by atoms with E-state index < -0.39 is 16.0 Å². The number of esters is 1. The maximum atomic E-state index is 12.5. The second-order valence-electron chi connectivity index (χ2n) is 6.71. The number of alkyl halides is 1. The lowest BCUT2D eigenvalue weighted by molar-refractivity contribution is -0.190. The van der Waals surface area contributed by atoms with Crippen molar-refractivity contribution in [3.05, 3.63) is 0 Å². The molecule has 4 nitrogen and oxygen atoms in total. The number of ketones is 1. The van der Waals surface area contributed by atoms with E-state index in [0.717, 1.165) is 12.8 Å². The molecule has 3 rings (SSSR count). The van der Waals surface area contributed by atoms with Gasteiger partial charge in [-0.05, 0) is 47.0 Å². The largest absolute Gasteiger partial charge is 0.460 e. The Hall–Kier alpha value is -0.420. The van der Waals surface area contributed by atoms with Crippen LogP contribution in [-0.2, 0) is 19.1 Å². The van der Waals surface area contributed by atoms with E-state index in [2.05, 4.69) is 15.9 Å². The Labute approximate surface area is 128 Å². The van der Waals surface area contributed by atoms with Crippen LogP contribution in [-0.4, -0.2) is 34.4 Å². The van der Waals surface area contributed by atoms with Gasteiger partial charge in [0.05, 0.1) is 5.92 Å². The van der Waals surface area contributed by atoms with E-state index in [1.807, 2.05) is 27.7 Å². The number of hydrogen-bond acceptors (Lipinski definition) is 4. The molecule has 0 radical (unpaired) electrons. The number of hydrogen-bond donors (Lipinski definition) is 0. The highest BCUT2D eigenvalue weighted by atomic mass is 79.9. The molecule has 2 bridgehead atoms. The average Bonchev–Trinajstić information content (AvgIpc) is 2.33. The first-order valence-electron chi connectivity index (χ1n) is 7.26. The van der Waals surface area contributed by atoms with Crippen LogP contribution in [0.3, 0.4) is 0 Å². The number of fused-ring (bicyclic) bond motifs is 3. The number of ether oxygens (including phenoxy) is 2. The van der Waals surface area contributed by atoms with Gasteiger partial charge in [0.2, 0.25) is 0 Å². The third kappa shape index (κ3) is 2.67. The van der Waals surface area contributed by atoms with Gasteiger partial charge < -0.3 is 9.47 Å². The van der Waals surface area contributed by atoms with Crippen molar-refractivity contribution in [1.29, 1.82) is 0 Å². The highest BCUT2D eigenvalue weighted by Gasteiger charge is 2.61. The quantitative estimate of drug-likeness (QED) is 0.582. The minimum atomic E-state index is -0.733. The predicted octanol–water partition coefficient (Wildman–Crippen LogP) is 2.87. The predicted molar refractivity (Wildman–Crippen MR) is 78.8 cm³/mol. The maximum absolute atomic E-state index is 12.5. The topological polar surface area (TPSA) is 52.6 Å². The third-order valence-electron chi connectivity index (χ3n) is 4.18. The van der Waals surface area contributed by atoms with Crippen LogP contribution in [0.1, 0.15) is 47.0 Å². The Bertz CT molecular complexity index is 411. The molecule has 0 N–H and O–H groups in total. The lowest BCUT2D eigenvalue weighted by atomic mass is 9.60. The normalized spacial score (nSPS) is 37.0. The lowest BCUT2D eigenvalue weighted by Crippen LogP contribution is -2.64. The Morgan fingerprint density at radius 2 is 2.10 bits per heavy atom. The summed E-state index contributed by atoms with van der Waals surface area (Å²) < 4.78 is 11.5. The van der Waals surface area contributed by atoms with Crippen LogP contribution in [0.5, 0.6) is 0 Å². The number of Topliss-reactive ketones (excluding diaryl/α,β-unsaturated/α-hetero) is 1. The van der Waals surface area contributed by atoms with Gasteiger partial charge in [0.1, 0.15) is 16.0 Å². The zero-order valence-electron chi connectivity index (χ0n) is 12.6. The molecule has 0 unspecified atom stereocenters. The summed E-state index contributed by atoms with van der Waals surface area (Å²) in [5.74, 6) is -0.473. The molecule has 0 aromatic rings. The van der Waals surface area contributed by atoms with Crippen LogP contribution in [0.2, 0.25) is 0 Å². The Morgan fingerprint density at radius 3 is 2.65 bits per heavy atom. The Balaban J connectivity index is 2.28. The van der Waals surface area contributed by atoms with E-state index >= 15 is 0 Å². The van der Waals surface area contributed by atoms with E-state index in [0.29, 0.717) is 13.0 Å². The average molecular weight is 347 g/mol. The summed E-state index contributed by atoms with van der Waals surface area (Å²) in [6.07, 6.45) is 2.09. The first-order chi connectivity index (χ1) is 9.21. The number of halogens is 1. The molecule has 3 aliphatic rings. The molecule has 0 heterocycles. The van der Waals surface area contributed by atoms with Gasteiger partial charge in [0.15, 0.2) is 5.78 Å². The smallest absolute Gasteiger partial charge is 0.312 e. The van der Waals surface area contributed by atoms with Crippen LogP contribution < -0.4 is 0 Å². The molecular formula is C15H23BrO4. The molecule has 0 amide bonds. The maximum Gasteiger partial charge on any atom is 0.312 e. The summed E-state index contributed by atoms with van der Waals surface area (Å²) in [5, 5.41) is 0. The van der Waals surface area contributed by atoms with Crippen molar-refractivity contribution in [2.75, 3.05) is 6.61 Å². The second-order valence-corrected chi connectivity index (χ2v) is 7.63. The monoisotopic (exact) mass is 346 g/mol. The molecule has 5 heteroatoms. The number of carbonyl (C=O) groups is 2. The van der Waals surface area contributed by atoms with Crippen molar-refractivity contribution in [3.8, 4) is 0 Å². The van der Waals surface area contributed by atoms with Crippen molar-refractivity contribution in [3.63, 3.8) is 0 Å². The molecule has 0 aliphatic heterocycles. The van der Waals surface area contributed by atoms with Gasteiger partial charge in [0, 0.05) is 12.5 Å². The fourth-order valence-electron chi connectivity index (χ4n) is 3.37. The van der Waals surface area contributed by atoms with E-state index in [4.69, 9.17) is 9.47 Å².